The van der Waals surface area contributed by atoms with Crippen molar-refractivity contribution in [3.8, 4) is 0 Å². The minimum atomic E-state index is -3.76. The number of nitrogen functional groups attached to an aromatic ring is 1. The first kappa shape index (κ1) is 20.4. The lowest BCUT2D eigenvalue weighted by Crippen LogP contribution is -2.31. The molecule has 0 amide bonds. The predicted octanol–water partition coefficient (Wildman–Crippen LogP) is 2.10. The number of thioether (sulfide) groups is 1. The topological polar surface area (TPSA) is 126 Å². The van der Waals surface area contributed by atoms with Gasteiger partial charge in [-0.05, 0) is 24.3 Å². The molecule has 1 aromatic heterocycles. The minimum Gasteiger partial charge on any atom is -0.481 e. The van der Waals surface area contributed by atoms with Crippen LogP contribution in [0.4, 0.5) is 5.82 Å². The number of aromatic nitrogens is 2. The molecule has 0 atom stereocenters. The van der Waals surface area contributed by atoms with Gasteiger partial charge in [-0.2, -0.15) is 4.31 Å². The molecule has 0 aliphatic carbocycles. The van der Waals surface area contributed by atoms with E-state index in [9.17, 15) is 13.2 Å². The second-order valence-corrected chi connectivity index (χ2v) is 8.48. The van der Waals surface area contributed by atoms with Crippen LogP contribution >= 0.6 is 23.4 Å². The van der Waals surface area contributed by atoms with Gasteiger partial charge in [0.25, 0.3) is 0 Å². The fraction of sp³-hybridized carbons (Fsp3) is 0.267. The average molecular weight is 417 g/mol. The number of sulfonamides is 1. The normalized spacial score (nSPS) is 11.7. The van der Waals surface area contributed by atoms with E-state index in [-0.39, 0.29) is 35.4 Å². The Balaban J connectivity index is 2.26. The summed E-state index contributed by atoms with van der Waals surface area (Å²) in [6, 6.07) is 7.30. The third-order valence-electron chi connectivity index (χ3n) is 3.23. The van der Waals surface area contributed by atoms with Crippen LogP contribution in [0.5, 0.6) is 0 Å². The van der Waals surface area contributed by atoms with Crippen molar-refractivity contribution in [2.75, 3.05) is 18.0 Å². The van der Waals surface area contributed by atoms with E-state index in [4.69, 9.17) is 22.4 Å². The highest BCUT2D eigenvalue weighted by molar-refractivity contribution is 7.99. The molecule has 8 nitrogen and oxygen atoms in total. The number of nitrogens with two attached hydrogens (primary N) is 1. The fourth-order valence-electron chi connectivity index (χ4n) is 2.05. The molecule has 0 aliphatic rings. The smallest absolute Gasteiger partial charge is 0.313 e. The van der Waals surface area contributed by atoms with Crippen molar-refractivity contribution in [1.82, 2.24) is 14.3 Å². The van der Waals surface area contributed by atoms with Crippen LogP contribution in [0, 0.1) is 0 Å². The average Bonchev–Trinajstić information content (AvgIpc) is 2.57. The Morgan fingerprint density at radius 2 is 1.96 bits per heavy atom. The van der Waals surface area contributed by atoms with E-state index in [1.165, 1.54) is 34.6 Å². The first-order chi connectivity index (χ1) is 12.2. The van der Waals surface area contributed by atoms with E-state index in [1.807, 2.05) is 0 Å². The molecular weight excluding hydrogens is 400 g/mol. The summed E-state index contributed by atoms with van der Waals surface area (Å²) in [5.74, 6) is -0.842. The predicted molar refractivity (Wildman–Crippen MR) is 99.5 cm³/mol. The summed E-state index contributed by atoms with van der Waals surface area (Å²) in [5.41, 5.74) is 5.73. The first-order valence-electron chi connectivity index (χ1n) is 7.46. The Labute approximate surface area is 160 Å². The molecule has 0 unspecified atom stereocenters. The monoisotopic (exact) mass is 416 g/mol. The standard InChI is InChI=1S/C15H17ClN4O4S2/c1-2-20(26(23,24)11-5-3-10(16)4-6-11)8-13-18-12(17)7-14(19-13)25-9-15(21)22/h3-7H,2,8-9H2,1H3,(H,21,22)(H2,17,18,19). The largest absolute Gasteiger partial charge is 0.481 e. The van der Waals surface area contributed by atoms with Gasteiger partial charge in [0, 0.05) is 17.6 Å². The van der Waals surface area contributed by atoms with Crippen LogP contribution in [-0.2, 0) is 21.4 Å². The number of anilines is 1. The van der Waals surface area contributed by atoms with Crippen LogP contribution in [0.1, 0.15) is 12.7 Å². The molecule has 0 bridgehead atoms. The summed E-state index contributed by atoms with van der Waals surface area (Å²) in [6.45, 7) is 1.80. The van der Waals surface area contributed by atoms with Gasteiger partial charge in [0.05, 0.1) is 17.2 Å². The Bertz CT molecular complexity index is 891. The van der Waals surface area contributed by atoms with Crippen molar-refractivity contribution in [3.63, 3.8) is 0 Å². The lowest BCUT2D eigenvalue weighted by Gasteiger charge is -2.20. The quantitative estimate of drug-likeness (QED) is 0.494. The Kier molecular flexibility index (Phi) is 6.81. The molecule has 1 aromatic carbocycles. The molecule has 0 saturated carbocycles. The van der Waals surface area contributed by atoms with Gasteiger partial charge < -0.3 is 10.8 Å². The summed E-state index contributed by atoms with van der Waals surface area (Å²) in [7, 11) is -3.76. The molecular formula is C15H17ClN4O4S2. The molecule has 2 aromatic rings. The summed E-state index contributed by atoms with van der Waals surface area (Å²) in [6.07, 6.45) is 0. The van der Waals surface area contributed by atoms with Gasteiger partial charge in [-0.3, -0.25) is 4.79 Å². The van der Waals surface area contributed by atoms with Crippen LogP contribution in [0.2, 0.25) is 5.02 Å². The summed E-state index contributed by atoms with van der Waals surface area (Å²) >= 11 is 6.79. The number of carboxylic acids is 1. The van der Waals surface area contributed by atoms with Gasteiger partial charge >= 0.3 is 5.97 Å². The third kappa shape index (κ3) is 5.31. The number of halogens is 1. The highest BCUT2D eigenvalue weighted by atomic mass is 35.5. The Hall–Kier alpha value is -1.88. The van der Waals surface area contributed by atoms with Crippen LogP contribution in [0.15, 0.2) is 40.3 Å². The number of carbonyl (C=O) groups is 1. The lowest BCUT2D eigenvalue weighted by atomic mass is 10.4. The maximum Gasteiger partial charge on any atom is 0.313 e. The van der Waals surface area contributed by atoms with Crippen molar-refractivity contribution in [2.24, 2.45) is 0 Å². The molecule has 140 valence electrons. The number of hydrogen-bond donors (Lipinski definition) is 2. The summed E-state index contributed by atoms with van der Waals surface area (Å²) in [5, 5.41) is 9.56. The molecule has 11 heteroatoms. The van der Waals surface area contributed by atoms with Gasteiger partial charge in [0.1, 0.15) is 16.7 Å². The summed E-state index contributed by atoms with van der Waals surface area (Å²) < 4.78 is 26.8. The molecule has 3 N–H and O–H groups in total. The second-order valence-electron chi connectivity index (χ2n) is 5.11. The Morgan fingerprint density at radius 3 is 2.54 bits per heavy atom. The highest BCUT2D eigenvalue weighted by Gasteiger charge is 2.24. The van der Waals surface area contributed by atoms with E-state index in [2.05, 4.69) is 9.97 Å². The van der Waals surface area contributed by atoms with E-state index in [1.54, 1.807) is 6.92 Å². The number of hydrogen-bond acceptors (Lipinski definition) is 7. The molecule has 0 aliphatic heterocycles. The lowest BCUT2D eigenvalue weighted by molar-refractivity contribution is -0.133. The van der Waals surface area contributed by atoms with E-state index >= 15 is 0 Å². The second kappa shape index (κ2) is 8.67. The molecule has 0 spiro atoms. The third-order valence-corrected chi connectivity index (χ3v) is 6.32. The summed E-state index contributed by atoms with van der Waals surface area (Å²) in [4.78, 5) is 19.0. The van der Waals surface area contributed by atoms with Crippen LogP contribution in [-0.4, -0.2) is 46.1 Å². The number of carboxylic acid groups (broad SMARTS) is 1. The van der Waals surface area contributed by atoms with Crippen molar-refractivity contribution < 1.29 is 18.3 Å². The fourth-order valence-corrected chi connectivity index (χ4v) is 4.23. The zero-order valence-electron chi connectivity index (χ0n) is 13.8. The maximum absolute atomic E-state index is 12.8. The van der Waals surface area contributed by atoms with Crippen LogP contribution in [0.3, 0.4) is 0 Å². The molecule has 0 saturated heterocycles. The van der Waals surface area contributed by atoms with Crippen molar-refractivity contribution >= 4 is 45.2 Å². The van der Waals surface area contributed by atoms with Gasteiger partial charge in [0.15, 0.2) is 0 Å². The number of aliphatic carboxylic acids is 1. The number of nitrogens with zero attached hydrogens (tertiary/aromatic N) is 3. The zero-order chi connectivity index (χ0) is 19.3. The van der Waals surface area contributed by atoms with E-state index in [0.717, 1.165) is 11.8 Å². The van der Waals surface area contributed by atoms with Gasteiger partial charge in [-0.15, -0.1) is 0 Å². The van der Waals surface area contributed by atoms with Crippen molar-refractivity contribution in [1.29, 1.82) is 0 Å². The van der Waals surface area contributed by atoms with Crippen molar-refractivity contribution in [3.05, 3.63) is 41.2 Å². The van der Waals surface area contributed by atoms with Gasteiger partial charge in [0.2, 0.25) is 10.0 Å². The maximum atomic E-state index is 12.8. The molecule has 0 fully saturated rings. The zero-order valence-corrected chi connectivity index (χ0v) is 16.2. The SMILES string of the molecule is CCN(Cc1nc(N)cc(SCC(=O)O)n1)S(=O)(=O)c1ccc(Cl)cc1. The van der Waals surface area contributed by atoms with Gasteiger partial charge in [-0.1, -0.05) is 30.3 Å². The minimum absolute atomic E-state index is 0.0901. The van der Waals surface area contributed by atoms with Crippen LogP contribution in [0.25, 0.3) is 0 Å². The highest BCUT2D eigenvalue weighted by Crippen LogP contribution is 2.21. The van der Waals surface area contributed by atoms with E-state index in [0.29, 0.717) is 10.0 Å². The first-order valence-corrected chi connectivity index (χ1v) is 10.3. The van der Waals surface area contributed by atoms with Crippen LogP contribution < -0.4 is 5.73 Å². The molecule has 2 rings (SSSR count). The Morgan fingerprint density at radius 1 is 1.31 bits per heavy atom. The van der Waals surface area contributed by atoms with Crippen molar-refractivity contribution in [2.45, 2.75) is 23.4 Å². The molecule has 0 radical (unpaired) electrons. The molecule has 1 heterocycles. The van der Waals surface area contributed by atoms with E-state index < -0.39 is 16.0 Å². The molecule has 26 heavy (non-hydrogen) atoms. The van der Waals surface area contributed by atoms with Gasteiger partial charge in [-0.25, -0.2) is 18.4 Å². The number of benzene rings is 1. The number of rotatable bonds is 8.